The van der Waals surface area contributed by atoms with Gasteiger partial charge < -0.3 is 10.2 Å². The number of hydrogen-bond donors (Lipinski definition) is 2. The molecule has 1 aromatic rings. The molecule has 106 valence electrons. The molecule has 0 spiro atoms. The van der Waals surface area contributed by atoms with Crippen LogP contribution in [0.4, 0.5) is 0 Å². The lowest BCUT2D eigenvalue weighted by Crippen LogP contribution is -2.41. The molecule has 1 aliphatic heterocycles. The van der Waals surface area contributed by atoms with E-state index in [2.05, 4.69) is 27.8 Å². The highest BCUT2D eigenvalue weighted by Gasteiger charge is 2.32. The molecule has 2 N–H and O–H groups in total. The van der Waals surface area contributed by atoms with Crippen LogP contribution in [0.3, 0.4) is 0 Å². The summed E-state index contributed by atoms with van der Waals surface area (Å²) in [7, 11) is 0. The van der Waals surface area contributed by atoms with E-state index in [1.807, 2.05) is 12.1 Å². The van der Waals surface area contributed by atoms with E-state index in [0.29, 0.717) is 12.4 Å². The lowest BCUT2D eigenvalue weighted by molar-refractivity contribution is 0.0380. The SMILES string of the molecule is CCC1(CO)CCN(Cc2cc(Br)ccc2O)CC1. The van der Waals surface area contributed by atoms with Crippen LogP contribution in [0.1, 0.15) is 31.7 Å². The number of halogens is 1. The highest BCUT2D eigenvalue weighted by atomic mass is 79.9. The quantitative estimate of drug-likeness (QED) is 0.892. The first kappa shape index (κ1) is 14.8. The maximum absolute atomic E-state index is 9.87. The Labute approximate surface area is 123 Å². The van der Waals surface area contributed by atoms with Gasteiger partial charge in [0.1, 0.15) is 5.75 Å². The van der Waals surface area contributed by atoms with E-state index in [1.165, 1.54) is 0 Å². The average Bonchev–Trinajstić information content (AvgIpc) is 2.44. The van der Waals surface area contributed by atoms with E-state index in [4.69, 9.17) is 0 Å². The largest absolute Gasteiger partial charge is 0.508 e. The van der Waals surface area contributed by atoms with E-state index in [9.17, 15) is 10.2 Å². The molecule has 1 fully saturated rings. The van der Waals surface area contributed by atoms with Gasteiger partial charge in [-0.25, -0.2) is 0 Å². The zero-order chi connectivity index (χ0) is 13.9. The Balaban J connectivity index is 1.97. The molecule has 0 aliphatic carbocycles. The summed E-state index contributed by atoms with van der Waals surface area (Å²) in [5.41, 5.74) is 1.08. The van der Waals surface area contributed by atoms with Gasteiger partial charge in [0.25, 0.3) is 0 Å². The minimum Gasteiger partial charge on any atom is -0.508 e. The van der Waals surface area contributed by atoms with Crippen LogP contribution in [0.2, 0.25) is 0 Å². The first-order valence-corrected chi connectivity index (χ1v) is 7.68. The third-order valence-electron chi connectivity index (χ3n) is 4.44. The number of piperidine rings is 1. The van der Waals surface area contributed by atoms with Crippen LogP contribution < -0.4 is 0 Å². The Morgan fingerprint density at radius 2 is 2.00 bits per heavy atom. The average molecular weight is 328 g/mol. The Hall–Kier alpha value is -0.580. The molecule has 1 saturated heterocycles. The number of aromatic hydroxyl groups is 1. The molecule has 2 rings (SSSR count). The number of phenolic OH excluding ortho intramolecular Hbond substituents is 1. The fourth-order valence-electron chi connectivity index (χ4n) is 2.73. The molecule has 0 atom stereocenters. The molecule has 1 heterocycles. The highest BCUT2D eigenvalue weighted by Crippen LogP contribution is 2.35. The molecule has 0 aromatic heterocycles. The first-order chi connectivity index (χ1) is 9.08. The number of likely N-dealkylation sites (tertiary alicyclic amines) is 1. The lowest BCUT2D eigenvalue weighted by Gasteiger charge is -2.40. The van der Waals surface area contributed by atoms with Crippen LogP contribution in [0.5, 0.6) is 5.75 Å². The molecule has 0 saturated carbocycles. The molecule has 0 radical (unpaired) electrons. The lowest BCUT2D eigenvalue weighted by atomic mass is 9.77. The molecule has 19 heavy (non-hydrogen) atoms. The van der Waals surface area contributed by atoms with Crippen molar-refractivity contribution in [1.82, 2.24) is 4.90 Å². The zero-order valence-corrected chi connectivity index (χ0v) is 13.0. The number of nitrogens with zero attached hydrogens (tertiary/aromatic N) is 1. The van der Waals surface area contributed by atoms with Gasteiger partial charge in [-0.3, -0.25) is 4.90 Å². The van der Waals surface area contributed by atoms with Crippen LogP contribution in [-0.4, -0.2) is 34.8 Å². The fourth-order valence-corrected chi connectivity index (χ4v) is 3.14. The Bertz CT molecular complexity index is 422. The van der Waals surface area contributed by atoms with Gasteiger partial charge in [-0.1, -0.05) is 22.9 Å². The molecule has 1 aromatic carbocycles. The smallest absolute Gasteiger partial charge is 0.120 e. The van der Waals surface area contributed by atoms with Gasteiger partial charge in [-0.15, -0.1) is 0 Å². The van der Waals surface area contributed by atoms with Gasteiger partial charge in [-0.2, -0.15) is 0 Å². The van der Waals surface area contributed by atoms with E-state index < -0.39 is 0 Å². The van der Waals surface area contributed by atoms with E-state index in [1.54, 1.807) is 6.07 Å². The van der Waals surface area contributed by atoms with Crippen molar-refractivity contribution in [3.05, 3.63) is 28.2 Å². The maximum Gasteiger partial charge on any atom is 0.120 e. The number of phenols is 1. The molecule has 0 amide bonds. The summed E-state index contributed by atoms with van der Waals surface area (Å²) in [6, 6.07) is 5.55. The van der Waals surface area contributed by atoms with Crippen molar-refractivity contribution in [2.75, 3.05) is 19.7 Å². The standard InChI is InChI=1S/C15H22BrNO2/c1-2-15(11-18)5-7-17(8-6-15)10-12-9-13(16)3-4-14(12)19/h3-4,9,18-19H,2,5-8,10-11H2,1H3. The minimum atomic E-state index is 0.121. The predicted octanol–water partition coefficient (Wildman–Crippen LogP) is 3.14. The number of benzene rings is 1. The molecular formula is C15H22BrNO2. The summed E-state index contributed by atoms with van der Waals surface area (Å²) in [5, 5.41) is 19.4. The second-order valence-corrected chi connectivity index (χ2v) is 6.48. The first-order valence-electron chi connectivity index (χ1n) is 6.89. The summed E-state index contributed by atoms with van der Waals surface area (Å²) in [4.78, 5) is 2.35. The zero-order valence-electron chi connectivity index (χ0n) is 11.4. The summed E-state index contributed by atoms with van der Waals surface area (Å²) < 4.78 is 0.996. The Morgan fingerprint density at radius 1 is 1.32 bits per heavy atom. The topological polar surface area (TPSA) is 43.7 Å². The normalized spacial score (nSPS) is 19.5. The van der Waals surface area contributed by atoms with Crippen molar-refractivity contribution in [2.45, 2.75) is 32.7 Å². The second kappa shape index (κ2) is 6.25. The van der Waals surface area contributed by atoms with Crippen LogP contribution in [0.25, 0.3) is 0 Å². The minimum absolute atomic E-state index is 0.121. The molecule has 0 bridgehead atoms. The fraction of sp³-hybridized carbons (Fsp3) is 0.600. The number of aliphatic hydroxyl groups excluding tert-OH is 1. The van der Waals surface area contributed by atoms with Crippen molar-refractivity contribution in [3.63, 3.8) is 0 Å². The predicted molar refractivity (Wildman–Crippen MR) is 80.1 cm³/mol. The van der Waals surface area contributed by atoms with E-state index >= 15 is 0 Å². The van der Waals surface area contributed by atoms with Crippen molar-refractivity contribution in [2.24, 2.45) is 5.41 Å². The van der Waals surface area contributed by atoms with Gasteiger partial charge >= 0.3 is 0 Å². The van der Waals surface area contributed by atoms with E-state index in [0.717, 1.165) is 48.9 Å². The summed E-state index contributed by atoms with van der Waals surface area (Å²) in [6.45, 7) is 5.20. The molecule has 4 heteroatoms. The summed E-state index contributed by atoms with van der Waals surface area (Å²) in [5.74, 6) is 0.359. The molecule has 0 unspecified atom stereocenters. The number of hydrogen-bond acceptors (Lipinski definition) is 3. The van der Waals surface area contributed by atoms with Gasteiger partial charge in [0.05, 0.1) is 0 Å². The van der Waals surface area contributed by atoms with Crippen LogP contribution in [0, 0.1) is 5.41 Å². The van der Waals surface area contributed by atoms with E-state index in [-0.39, 0.29) is 5.41 Å². The highest BCUT2D eigenvalue weighted by molar-refractivity contribution is 9.10. The maximum atomic E-state index is 9.87. The Morgan fingerprint density at radius 3 is 2.58 bits per heavy atom. The molecule has 3 nitrogen and oxygen atoms in total. The van der Waals surface area contributed by atoms with Gasteiger partial charge in [-0.05, 0) is 56.0 Å². The van der Waals surface area contributed by atoms with Crippen molar-refractivity contribution in [3.8, 4) is 5.75 Å². The second-order valence-electron chi connectivity index (χ2n) is 5.56. The van der Waals surface area contributed by atoms with Crippen LogP contribution >= 0.6 is 15.9 Å². The Kier molecular flexibility index (Phi) is 4.87. The van der Waals surface area contributed by atoms with Gasteiger partial charge in [0.2, 0.25) is 0 Å². The van der Waals surface area contributed by atoms with Crippen molar-refractivity contribution >= 4 is 15.9 Å². The summed E-state index contributed by atoms with van der Waals surface area (Å²) in [6.07, 6.45) is 3.11. The third kappa shape index (κ3) is 3.50. The number of aliphatic hydroxyl groups is 1. The molecular weight excluding hydrogens is 306 g/mol. The molecule has 1 aliphatic rings. The van der Waals surface area contributed by atoms with Crippen LogP contribution in [0.15, 0.2) is 22.7 Å². The van der Waals surface area contributed by atoms with Gasteiger partial charge in [0, 0.05) is 23.2 Å². The monoisotopic (exact) mass is 327 g/mol. The van der Waals surface area contributed by atoms with Crippen LogP contribution in [-0.2, 0) is 6.54 Å². The third-order valence-corrected chi connectivity index (χ3v) is 4.93. The van der Waals surface area contributed by atoms with Gasteiger partial charge in [0.15, 0.2) is 0 Å². The van der Waals surface area contributed by atoms with Crippen molar-refractivity contribution < 1.29 is 10.2 Å². The number of rotatable bonds is 4. The summed E-state index contributed by atoms with van der Waals surface area (Å²) >= 11 is 3.44. The van der Waals surface area contributed by atoms with Crippen molar-refractivity contribution in [1.29, 1.82) is 0 Å².